The number of benzene rings is 1. The van der Waals surface area contributed by atoms with E-state index in [0.717, 1.165) is 0 Å². The summed E-state index contributed by atoms with van der Waals surface area (Å²) in [6, 6.07) is 5.33. The zero-order valence-corrected chi connectivity index (χ0v) is 17.3. The van der Waals surface area contributed by atoms with Crippen LogP contribution in [0.4, 0.5) is 4.79 Å². The van der Waals surface area contributed by atoms with Gasteiger partial charge >= 0.3 is 12.0 Å². The lowest BCUT2D eigenvalue weighted by molar-refractivity contribution is -0.155. The second-order valence-electron chi connectivity index (χ2n) is 7.33. The van der Waals surface area contributed by atoms with Crippen LogP contribution in [0.1, 0.15) is 52.6 Å². The first-order valence-electron chi connectivity index (χ1n) is 8.72. The quantitative estimate of drug-likeness (QED) is 0.622. The van der Waals surface area contributed by atoms with Crippen LogP contribution in [-0.4, -0.2) is 35.5 Å². The minimum atomic E-state index is -1.18. The highest BCUT2D eigenvalue weighted by Crippen LogP contribution is 2.20. The van der Waals surface area contributed by atoms with Crippen molar-refractivity contribution in [2.45, 2.75) is 58.7 Å². The van der Waals surface area contributed by atoms with Gasteiger partial charge in [0.05, 0.1) is 12.5 Å². The maximum absolute atomic E-state index is 12.2. The van der Waals surface area contributed by atoms with Gasteiger partial charge in [-0.1, -0.05) is 23.7 Å². The van der Waals surface area contributed by atoms with Crippen molar-refractivity contribution in [2.24, 2.45) is 0 Å². The van der Waals surface area contributed by atoms with Gasteiger partial charge in [-0.05, 0) is 45.4 Å². The topological polar surface area (TPSA) is 114 Å². The van der Waals surface area contributed by atoms with Crippen molar-refractivity contribution in [1.82, 2.24) is 16.0 Å². The van der Waals surface area contributed by atoms with E-state index in [4.69, 9.17) is 16.3 Å². The van der Waals surface area contributed by atoms with E-state index in [1.807, 2.05) is 0 Å². The molecule has 0 aliphatic rings. The van der Waals surface area contributed by atoms with Crippen molar-refractivity contribution >= 4 is 35.4 Å². The fourth-order valence-electron chi connectivity index (χ4n) is 2.24. The van der Waals surface area contributed by atoms with Gasteiger partial charge in [-0.3, -0.25) is 19.7 Å². The maximum atomic E-state index is 12.2. The Morgan fingerprint density at radius 3 is 2.18 bits per heavy atom. The Kier molecular flexibility index (Phi) is 8.43. The average molecular weight is 412 g/mol. The molecule has 0 heterocycles. The van der Waals surface area contributed by atoms with E-state index >= 15 is 0 Å². The van der Waals surface area contributed by atoms with Crippen molar-refractivity contribution in [1.29, 1.82) is 0 Å². The molecule has 1 aromatic carbocycles. The number of ether oxygens (including phenoxy) is 1. The second kappa shape index (κ2) is 10.1. The van der Waals surface area contributed by atoms with Gasteiger partial charge in [0.25, 0.3) is 5.91 Å². The highest BCUT2D eigenvalue weighted by molar-refractivity contribution is 6.30. The number of hydrogen-bond donors (Lipinski definition) is 3. The summed E-state index contributed by atoms with van der Waals surface area (Å²) >= 11 is 5.86. The first-order chi connectivity index (χ1) is 12.9. The summed E-state index contributed by atoms with van der Waals surface area (Å²) in [6.45, 7) is 7.98. The molecule has 0 aliphatic heterocycles. The van der Waals surface area contributed by atoms with Crippen LogP contribution in [0.3, 0.4) is 0 Å². The van der Waals surface area contributed by atoms with Crippen LogP contribution in [-0.2, 0) is 19.1 Å². The molecule has 0 fully saturated rings. The number of halogens is 1. The van der Waals surface area contributed by atoms with Gasteiger partial charge in [0.2, 0.25) is 5.91 Å². The van der Waals surface area contributed by atoms with E-state index in [-0.39, 0.29) is 12.3 Å². The number of esters is 1. The molecule has 8 nitrogen and oxygen atoms in total. The monoisotopic (exact) mass is 411 g/mol. The molecule has 2 atom stereocenters. The second-order valence-corrected chi connectivity index (χ2v) is 7.77. The summed E-state index contributed by atoms with van der Waals surface area (Å²) in [5.74, 6) is -1.78. The summed E-state index contributed by atoms with van der Waals surface area (Å²) in [5, 5.41) is 7.86. The molecule has 3 N–H and O–H groups in total. The Balaban J connectivity index is 2.67. The lowest BCUT2D eigenvalue weighted by Gasteiger charge is -2.22. The number of nitrogens with one attached hydrogen (secondary N) is 3. The largest absolute Gasteiger partial charge is 0.452 e. The molecule has 0 radical (unpaired) electrons. The van der Waals surface area contributed by atoms with Crippen LogP contribution >= 0.6 is 11.6 Å². The Hall–Kier alpha value is -2.61. The third-order valence-corrected chi connectivity index (χ3v) is 3.68. The fraction of sp³-hybridized carbons (Fsp3) is 0.474. The Labute approximate surface area is 169 Å². The fourth-order valence-corrected chi connectivity index (χ4v) is 2.37. The normalized spacial score (nSPS) is 13.1. The van der Waals surface area contributed by atoms with Gasteiger partial charge in [-0.2, -0.15) is 0 Å². The van der Waals surface area contributed by atoms with Gasteiger partial charge in [0, 0.05) is 17.5 Å². The number of hydrogen-bond acceptors (Lipinski definition) is 5. The molecule has 0 spiro atoms. The lowest BCUT2D eigenvalue weighted by atomic mass is 10.0. The molecule has 2 unspecified atom stereocenters. The molecule has 0 aromatic heterocycles. The van der Waals surface area contributed by atoms with Gasteiger partial charge in [-0.15, -0.1) is 0 Å². The average Bonchev–Trinajstić information content (AvgIpc) is 2.52. The Bertz CT molecular complexity index is 728. The van der Waals surface area contributed by atoms with E-state index in [1.54, 1.807) is 45.0 Å². The van der Waals surface area contributed by atoms with Gasteiger partial charge in [-0.25, -0.2) is 4.79 Å². The molecule has 0 aliphatic carbocycles. The number of amides is 4. The molecule has 154 valence electrons. The van der Waals surface area contributed by atoms with Crippen molar-refractivity contribution < 1.29 is 23.9 Å². The minimum Gasteiger partial charge on any atom is -0.452 e. The van der Waals surface area contributed by atoms with Crippen LogP contribution in [0, 0.1) is 0 Å². The predicted molar refractivity (Wildman–Crippen MR) is 105 cm³/mol. The van der Waals surface area contributed by atoms with Crippen LogP contribution in [0.2, 0.25) is 5.02 Å². The zero-order valence-electron chi connectivity index (χ0n) is 16.6. The molecule has 0 saturated carbocycles. The zero-order chi connectivity index (χ0) is 21.5. The van der Waals surface area contributed by atoms with Crippen LogP contribution in [0.25, 0.3) is 0 Å². The third kappa shape index (κ3) is 8.85. The van der Waals surface area contributed by atoms with Crippen molar-refractivity contribution in [2.75, 3.05) is 0 Å². The van der Waals surface area contributed by atoms with Crippen molar-refractivity contribution in [3.63, 3.8) is 0 Å². The maximum Gasteiger partial charge on any atom is 0.321 e. The molecule has 0 bridgehead atoms. The van der Waals surface area contributed by atoms with Gasteiger partial charge in [0.1, 0.15) is 0 Å². The summed E-state index contributed by atoms with van der Waals surface area (Å²) in [6.07, 6.45) is -1.37. The SMILES string of the molecule is CC(=O)NC(CC(=O)OC(C)C(=O)NC(=O)NC(C)(C)C)c1ccc(Cl)cc1. The highest BCUT2D eigenvalue weighted by atomic mass is 35.5. The Morgan fingerprint density at radius 2 is 1.68 bits per heavy atom. The minimum absolute atomic E-state index is 0.187. The standard InChI is InChI=1S/C19H26ClN3O5/c1-11(17(26)22-18(27)23-19(3,4)5)28-16(25)10-15(21-12(2)24)13-6-8-14(20)9-7-13/h6-9,11,15H,10H2,1-5H3,(H,21,24)(H2,22,23,26,27). The van der Waals surface area contributed by atoms with Crippen LogP contribution in [0.15, 0.2) is 24.3 Å². The van der Waals surface area contributed by atoms with Gasteiger partial charge < -0.3 is 15.4 Å². The predicted octanol–water partition coefficient (Wildman–Crippen LogP) is 2.46. The Morgan fingerprint density at radius 1 is 1.11 bits per heavy atom. The molecule has 28 heavy (non-hydrogen) atoms. The first kappa shape index (κ1) is 23.4. The third-order valence-electron chi connectivity index (χ3n) is 3.42. The number of urea groups is 1. The first-order valence-corrected chi connectivity index (χ1v) is 9.10. The van der Waals surface area contributed by atoms with E-state index in [2.05, 4.69) is 16.0 Å². The molecule has 0 saturated heterocycles. The summed E-state index contributed by atoms with van der Waals surface area (Å²) in [7, 11) is 0. The number of imide groups is 1. The van der Waals surface area contributed by atoms with Gasteiger partial charge in [0.15, 0.2) is 6.10 Å². The highest BCUT2D eigenvalue weighted by Gasteiger charge is 2.24. The van der Waals surface area contributed by atoms with Crippen molar-refractivity contribution in [3.8, 4) is 0 Å². The summed E-state index contributed by atoms with van der Waals surface area (Å²) < 4.78 is 5.09. The number of carbonyl (C=O) groups excluding carboxylic acids is 4. The van der Waals surface area contributed by atoms with E-state index in [0.29, 0.717) is 10.6 Å². The molecule has 9 heteroatoms. The molecular weight excluding hydrogens is 386 g/mol. The van der Waals surface area contributed by atoms with Crippen molar-refractivity contribution in [3.05, 3.63) is 34.9 Å². The number of rotatable bonds is 6. The van der Waals surface area contributed by atoms with E-state index in [9.17, 15) is 19.2 Å². The van der Waals surface area contributed by atoms with Crippen LogP contribution in [0.5, 0.6) is 0 Å². The van der Waals surface area contributed by atoms with Crippen LogP contribution < -0.4 is 16.0 Å². The smallest absolute Gasteiger partial charge is 0.321 e. The molecule has 1 aromatic rings. The van der Waals surface area contributed by atoms with E-state index in [1.165, 1.54) is 13.8 Å². The van der Waals surface area contributed by atoms with E-state index < -0.39 is 35.6 Å². The summed E-state index contributed by atoms with van der Waals surface area (Å²) in [5.41, 5.74) is 0.146. The summed E-state index contributed by atoms with van der Waals surface area (Å²) in [4.78, 5) is 47.4. The number of carbonyl (C=O) groups is 4. The molecule has 1 rings (SSSR count). The molecule has 4 amide bonds. The lowest BCUT2D eigenvalue weighted by Crippen LogP contribution is -2.50. The molecular formula is C19H26ClN3O5.